The molecule has 0 aliphatic carbocycles. The number of hydrogen-bond acceptors (Lipinski definition) is 1. The summed E-state index contributed by atoms with van der Waals surface area (Å²) in [6, 6.07) is -1.48. The minimum Gasteiger partial charge on any atom is -0.323 e. The van der Waals surface area contributed by atoms with Gasteiger partial charge < -0.3 is 5.73 Å². The monoisotopic (exact) mass is 317 g/mol. The highest BCUT2D eigenvalue weighted by Crippen LogP contribution is 2.43. The fourth-order valence-electron chi connectivity index (χ4n) is 1.77. The van der Waals surface area contributed by atoms with Crippen LogP contribution in [0.15, 0.2) is 12.1 Å². The number of rotatable bonds is 1. The molecule has 0 saturated heterocycles. The summed E-state index contributed by atoms with van der Waals surface area (Å²) in [5.74, 6) is -1.61. The first-order valence-corrected chi connectivity index (χ1v) is 5.89. The number of benzene rings is 1. The Hall–Kier alpha value is -1.31. The second-order valence-electron chi connectivity index (χ2n) is 5.76. The summed E-state index contributed by atoms with van der Waals surface area (Å²) in [5.41, 5.74) is 0.301. The Morgan fingerprint density at radius 1 is 0.905 bits per heavy atom. The lowest BCUT2D eigenvalue weighted by atomic mass is 9.80. The zero-order chi connectivity index (χ0) is 16.8. The fourth-order valence-corrected chi connectivity index (χ4v) is 1.77. The highest BCUT2D eigenvalue weighted by molar-refractivity contribution is 5.39. The maximum Gasteiger partial charge on any atom is 0.416 e. The quantitative estimate of drug-likeness (QED) is 0.732. The molecule has 21 heavy (non-hydrogen) atoms. The standard InChI is InChI=1S/C13H14F7N/c1-11(2,3)10(21)9-7(13(18,19)20)4-6(5-8(9)14)12(15,16)17/h4-5,10H,21H2,1-3H3/t10-/m1/s1. The van der Waals surface area contributed by atoms with Crippen LogP contribution in [0.25, 0.3) is 0 Å². The van der Waals surface area contributed by atoms with Gasteiger partial charge in [-0.05, 0) is 17.5 Å². The molecule has 0 spiro atoms. The van der Waals surface area contributed by atoms with Crippen molar-refractivity contribution in [2.75, 3.05) is 0 Å². The molecule has 1 aromatic rings. The van der Waals surface area contributed by atoms with Gasteiger partial charge in [-0.25, -0.2) is 4.39 Å². The van der Waals surface area contributed by atoms with E-state index in [4.69, 9.17) is 5.73 Å². The zero-order valence-corrected chi connectivity index (χ0v) is 11.5. The van der Waals surface area contributed by atoms with Crippen LogP contribution in [0.4, 0.5) is 30.7 Å². The van der Waals surface area contributed by atoms with Gasteiger partial charge in [-0.1, -0.05) is 20.8 Å². The van der Waals surface area contributed by atoms with Crippen LogP contribution >= 0.6 is 0 Å². The van der Waals surface area contributed by atoms with Crippen molar-refractivity contribution in [1.82, 2.24) is 0 Å². The smallest absolute Gasteiger partial charge is 0.323 e. The summed E-state index contributed by atoms with van der Waals surface area (Å²) in [6.45, 7) is 4.40. The largest absolute Gasteiger partial charge is 0.416 e. The summed E-state index contributed by atoms with van der Waals surface area (Å²) in [6.07, 6.45) is -10.2. The lowest BCUT2D eigenvalue weighted by Crippen LogP contribution is -2.30. The lowest BCUT2D eigenvalue weighted by molar-refractivity contribution is -0.144. The Balaban J connectivity index is 3.66. The van der Waals surface area contributed by atoms with Crippen molar-refractivity contribution in [3.63, 3.8) is 0 Å². The Kier molecular flexibility index (Phi) is 4.35. The minimum atomic E-state index is -5.14. The average molecular weight is 317 g/mol. The molecule has 0 amide bonds. The van der Waals surface area contributed by atoms with Gasteiger partial charge >= 0.3 is 12.4 Å². The van der Waals surface area contributed by atoms with Crippen LogP contribution in [-0.4, -0.2) is 0 Å². The van der Waals surface area contributed by atoms with Gasteiger partial charge in [-0.2, -0.15) is 26.3 Å². The van der Waals surface area contributed by atoms with Gasteiger partial charge in [-0.15, -0.1) is 0 Å². The first-order valence-electron chi connectivity index (χ1n) is 5.89. The topological polar surface area (TPSA) is 26.0 Å². The maximum absolute atomic E-state index is 13.9. The minimum absolute atomic E-state index is 0.0379. The van der Waals surface area contributed by atoms with Crippen molar-refractivity contribution in [2.45, 2.75) is 39.2 Å². The molecular weight excluding hydrogens is 303 g/mol. The van der Waals surface area contributed by atoms with E-state index >= 15 is 0 Å². The van der Waals surface area contributed by atoms with Gasteiger partial charge in [0.15, 0.2) is 0 Å². The van der Waals surface area contributed by atoms with Gasteiger partial charge in [0.25, 0.3) is 0 Å². The van der Waals surface area contributed by atoms with Crippen LogP contribution in [0.5, 0.6) is 0 Å². The Labute approximate surface area is 116 Å². The molecule has 0 radical (unpaired) electrons. The molecule has 0 saturated carbocycles. The number of halogens is 7. The van der Waals surface area contributed by atoms with E-state index in [9.17, 15) is 30.7 Å². The highest BCUT2D eigenvalue weighted by atomic mass is 19.4. The van der Waals surface area contributed by atoms with E-state index in [1.54, 1.807) is 0 Å². The molecular formula is C13H14F7N. The number of alkyl halides is 6. The molecule has 0 unspecified atom stereocenters. The number of hydrogen-bond donors (Lipinski definition) is 1. The predicted octanol–water partition coefficient (Wildman–Crippen LogP) is 4.91. The van der Waals surface area contributed by atoms with Crippen LogP contribution in [0.3, 0.4) is 0 Å². The first-order chi connectivity index (χ1) is 9.15. The van der Waals surface area contributed by atoms with Crippen LogP contribution in [0.1, 0.15) is 43.5 Å². The van der Waals surface area contributed by atoms with E-state index in [0.717, 1.165) is 0 Å². The molecule has 1 rings (SSSR count). The Bertz CT molecular complexity index is 523. The van der Waals surface area contributed by atoms with Crippen molar-refractivity contribution in [1.29, 1.82) is 0 Å². The normalized spacial score (nSPS) is 15.2. The van der Waals surface area contributed by atoms with Crippen molar-refractivity contribution < 1.29 is 30.7 Å². The molecule has 0 fully saturated rings. The third-order valence-corrected chi connectivity index (χ3v) is 3.01. The van der Waals surface area contributed by atoms with Crippen LogP contribution in [0.2, 0.25) is 0 Å². The molecule has 0 aliphatic heterocycles. The van der Waals surface area contributed by atoms with E-state index in [2.05, 4.69) is 0 Å². The first kappa shape index (κ1) is 17.7. The average Bonchev–Trinajstić information content (AvgIpc) is 2.23. The van der Waals surface area contributed by atoms with Crippen LogP contribution in [0, 0.1) is 11.2 Å². The molecule has 0 bridgehead atoms. The van der Waals surface area contributed by atoms with Crippen molar-refractivity contribution in [3.05, 3.63) is 34.6 Å². The van der Waals surface area contributed by atoms with Gasteiger partial charge in [0.1, 0.15) is 5.82 Å². The second-order valence-corrected chi connectivity index (χ2v) is 5.76. The van der Waals surface area contributed by atoms with E-state index in [1.807, 2.05) is 0 Å². The van der Waals surface area contributed by atoms with E-state index in [-0.39, 0.29) is 12.1 Å². The summed E-state index contributed by atoms with van der Waals surface area (Å²) >= 11 is 0. The van der Waals surface area contributed by atoms with Crippen LogP contribution < -0.4 is 5.73 Å². The molecule has 1 nitrogen and oxygen atoms in total. The molecule has 2 N–H and O–H groups in total. The Morgan fingerprint density at radius 3 is 1.71 bits per heavy atom. The summed E-state index contributed by atoms with van der Waals surface area (Å²) < 4.78 is 90.4. The lowest BCUT2D eigenvalue weighted by Gasteiger charge is -2.30. The van der Waals surface area contributed by atoms with E-state index in [1.165, 1.54) is 20.8 Å². The third-order valence-electron chi connectivity index (χ3n) is 3.01. The molecule has 1 aromatic carbocycles. The van der Waals surface area contributed by atoms with E-state index in [0.29, 0.717) is 0 Å². The fraction of sp³-hybridized carbons (Fsp3) is 0.538. The van der Waals surface area contributed by atoms with E-state index < -0.39 is 46.3 Å². The molecule has 0 heterocycles. The molecule has 8 heteroatoms. The third kappa shape index (κ3) is 3.87. The molecule has 1 atom stereocenters. The highest BCUT2D eigenvalue weighted by Gasteiger charge is 2.42. The van der Waals surface area contributed by atoms with Crippen molar-refractivity contribution in [2.24, 2.45) is 11.1 Å². The molecule has 0 aromatic heterocycles. The summed E-state index contributed by atoms with van der Waals surface area (Å²) in [5, 5.41) is 0. The summed E-state index contributed by atoms with van der Waals surface area (Å²) in [4.78, 5) is 0. The molecule has 120 valence electrons. The second kappa shape index (κ2) is 5.15. The van der Waals surface area contributed by atoms with Gasteiger partial charge in [0, 0.05) is 11.6 Å². The van der Waals surface area contributed by atoms with Crippen molar-refractivity contribution in [3.8, 4) is 0 Å². The van der Waals surface area contributed by atoms with Gasteiger partial charge in [-0.3, -0.25) is 0 Å². The van der Waals surface area contributed by atoms with Gasteiger partial charge in [0.2, 0.25) is 0 Å². The molecule has 0 aliphatic rings. The van der Waals surface area contributed by atoms with Crippen LogP contribution in [-0.2, 0) is 12.4 Å². The Morgan fingerprint density at radius 2 is 1.38 bits per heavy atom. The maximum atomic E-state index is 13.9. The summed E-state index contributed by atoms with van der Waals surface area (Å²) in [7, 11) is 0. The van der Waals surface area contributed by atoms with Gasteiger partial charge in [0.05, 0.1) is 11.1 Å². The zero-order valence-electron chi connectivity index (χ0n) is 11.5. The predicted molar refractivity (Wildman–Crippen MR) is 62.8 cm³/mol. The SMILES string of the molecule is CC(C)(C)[C@H](N)c1c(F)cc(C(F)(F)F)cc1C(F)(F)F. The van der Waals surface area contributed by atoms with Crippen molar-refractivity contribution >= 4 is 0 Å². The number of nitrogens with two attached hydrogens (primary N) is 1.